The van der Waals surface area contributed by atoms with Crippen LogP contribution in [0.4, 0.5) is 16.2 Å². The van der Waals surface area contributed by atoms with Crippen LogP contribution in [0.15, 0.2) is 42.5 Å². The number of hydrogen-bond donors (Lipinski definition) is 2. The van der Waals surface area contributed by atoms with Crippen molar-refractivity contribution in [3.63, 3.8) is 0 Å². The summed E-state index contributed by atoms with van der Waals surface area (Å²) >= 11 is 0. The fraction of sp³-hybridized carbons (Fsp3) is 0.304. The van der Waals surface area contributed by atoms with Crippen molar-refractivity contribution in [2.24, 2.45) is 0 Å². The molecule has 0 spiro atoms. The highest BCUT2D eigenvalue weighted by molar-refractivity contribution is 5.94. The molecule has 156 valence electrons. The Labute approximate surface area is 176 Å². The van der Waals surface area contributed by atoms with Gasteiger partial charge in [0.15, 0.2) is 0 Å². The van der Waals surface area contributed by atoms with E-state index in [1.165, 1.54) is 7.11 Å². The lowest BCUT2D eigenvalue weighted by molar-refractivity contribution is -0.119. The van der Waals surface area contributed by atoms with Gasteiger partial charge in [-0.15, -0.1) is 0 Å². The summed E-state index contributed by atoms with van der Waals surface area (Å²) in [5.74, 6) is 7.24. The molecule has 3 rings (SSSR count). The van der Waals surface area contributed by atoms with Crippen LogP contribution in [0, 0.1) is 11.8 Å². The van der Waals surface area contributed by atoms with Crippen molar-refractivity contribution in [1.29, 1.82) is 0 Å². The molecule has 0 atom stereocenters. The Bertz CT molecular complexity index is 961. The van der Waals surface area contributed by atoms with Gasteiger partial charge in [0, 0.05) is 30.3 Å². The van der Waals surface area contributed by atoms with Crippen LogP contribution in [-0.4, -0.2) is 39.2 Å². The first-order valence-corrected chi connectivity index (χ1v) is 9.77. The minimum atomic E-state index is -0.383. The SMILES string of the molecule is COc1ccc(NC(=O)NCC#Cc2ccc(N3CCCCC3=O)cc2)c(OC)c1. The smallest absolute Gasteiger partial charge is 0.320 e. The number of rotatable bonds is 5. The summed E-state index contributed by atoms with van der Waals surface area (Å²) in [7, 11) is 3.09. The molecule has 0 saturated carbocycles. The summed E-state index contributed by atoms with van der Waals surface area (Å²) in [6, 6.07) is 12.3. The second kappa shape index (κ2) is 10.2. The molecule has 0 aromatic heterocycles. The van der Waals surface area contributed by atoms with Gasteiger partial charge < -0.3 is 25.0 Å². The molecule has 3 amide bonds. The van der Waals surface area contributed by atoms with Crippen molar-refractivity contribution in [1.82, 2.24) is 5.32 Å². The van der Waals surface area contributed by atoms with E-state index in [0.29, 0.717) is 23.6 Å². The number of ether oxygens (including phenoxy) is 2. The zero-order valence-electron chi connectivity index (χ0n) is 17.2. The molecule has 0 aliphatic carbocycles. The van der Waals surface area contributed by atoms with Crippen LogP contribution in [-0.2, 0) is 4.79 Å². The minimum Gasteiger partial charge on any atom is -0.497 e. The highest BCUT2D eigenvalue weighted by atomic mass is 16.5. The third kappa shape index (κ3) is 5.45. The highest BCUT2D eigenvalue weighted by Gasteiger charge is 2.19. The maximum absolute atomic E-state index is 12.1. The fourth-order valence-corrected chi connectivity index (χ4v) is 3.14. The van der Waals surface area contributed by atoms with E-state index in [-0.39, 0.29) is 18.5 Å². The largest absolute Gasteiger partial charge is 0.497 e. The standard InChI is InChI=1S/C23H25N3O4/c1-29-19-12-13-20(21(16-19)30-2)25-23(28)24-14-5-6-17-8-10-18(11-9-17)26-15-4-3-7-22(26)27/h8-13,16H,3-4,7,14-15H2,1-2H3,(H2,24,25,28). The molecule has 1 heterocycles. The lowest BCUT2D eigenvalue weighted by atomic mass is 10.1. The first-order valence-electron chi connectivity index (χ1n) is 9.77. The summed E-state index contributed by atoms with van der Waals surface area (Å²) in [6.45, 7) is 0.957. The number of carbonyl (C=O) groups excluding carboxylic acids is 2. The van der Waals surface area contributed by atoms with Gasteiger partial charge in [-0.05, 0) is 49.2 Å². The van der Waals surface area contributed by atoms with E-state index in [1.807, 2.05) is 29.2 Å². The normalized spacial score (nSPS) is 13.1. The van der Waals surface area contributed by atoms with Gasteiger partial charge in [0.2, 0.25) is 5.91 Å². The van der Waals surface area contributed by atoms with Crippen molar-refractivity contribution in [2.45, 2.75) is 19.3 Å². The molecule has 1 saturated heterocycles. The Hall–Kier alpha value is -3.66. The predicted octanol–water partition coefficient (Wildman–Crippen LogP) is 3.39. The predicted molar refractivity (Wildman–Crippen MR) is 116 cm³/mol. The second-order valence-corrected chi connectivity index (χ2v) is 6.73. The molecule has 1 fully saturated rings. The molecule has 30 heavy (non-hydrogen) atoms. The van der Waals surface area contributed by atoms with Crippen LogP contribution in [0.2, 0.25) is 0 Å². The molecular formula is C23H25N3O4. The number of carbonyl (C=O) groups is 2. The van der Waals surface area contributed by atoms with Crippen molar-refractivity contribution in [2.75, 3.05) is 37.5 Å². The van der Waals surface area contributed by atoms with Crippen LogP contribution in [0.3, 0.4) is 0 Å². The van der Waals surface area contributed by atoms with Crippen LogP contribution in [0.1, 0.15) is 24.8 Å². The second-order valence-electron chi connectivity index (χ2n) is 6.73. The molecule has 2 aromatic rings. The number of hydrogen-bond acceptors (Lipinski definition) is 4. The van der Waals surface area contributed by atoms with E-state index in [4.69, 9.17) is 9.47 Å². The average Bonchev–Trinajstić information content (AvgIpc) is 2.78. The van der Waals surface area contributed by atoms with Crippen molar-refractivity contribution in [3.8, 4) is 23.3 Å². The van der Waals surface area contributed by atoms with Crippen molar-refractivity contribution >= 4 is 23.3 Å². The van der Waals surface area contributed by atoms with E-state index in [2.05, 4.69) is 22.5 Å². The molecule has 0 radical (unpaired) electrons. The van der Waals surface area contributed by atoms with E-state index in [1.54, 1.807) is 25.3 Å². The fourth-order valence-electron chi connectivity index (χ4n) is 3.14. The molecule has 0 unspecified atom stereocenters. The maximum Gasteiger partial charge on any atom is 0.320 e. The van der Waals surface area contributed by atoms with Crippen molar-refractivity contribution in [3.05, 3.63) is 48.0 Å². The summed E-state index contributed by atoms with van der Waals surface area (Å²) in [6.07, 6.45) is 2.60. The zero-order valence-corrected chi connectivity index (χ0v) is 17.2. The number of piperidine rings is 1. The van der Waals surface area contributed by atoms with Gasteiger partial charge >= 0.3 is 6.03 Å². The molecule has 0 bridgehead atoms. The molecule has 1 aliphatic heterocycles. The number of benzene rings is 2. The van der Waals surface area contributed by atoms with Gasteiger partial charge in [-0.1, -0.05) is 11.8 Å². The third-order valence-corrected chi connectivity index (χ3v) is 4.73. The number of nitrogens with one attached hydrogen (secondary N) is 2. The molecule has 7 heteroatoms. The van der Waals surface area contributed by atoms with E-state index >= 15 is 0 Å². The monoisotopic (exact) mass is 407 g/mol. The molecule has 2 aromatic carbocycles. The van der Waals surface area contributed by atoms with Gasteiger partial charge in [-0.2, -0.15) is 0 Å². The Morgan fingerprint density at radius 2 is 1.90 bits per heavy atom. The number of amides is 3. The van der Waals surface area contributed by atoms with Gasteiger partial charge in [0.25, 0.3) is 0 Å². The summed E-state index contributed by atoms with van der Waals surface area (Å²) in [5, 5.41) is 5.41. The first kappa shape index (κ1) is 21.1. The average molecular weight is 407 g/mol. The first-order chi connectivity index (χ1) is 14.6. The summed E-state index contributed by atoms with van der Waals surface area (Å²) < 4.78 is 10.4. The molecular weight excluding hydrogens is 382 g/mol. The van der Waals surface area contributed by atoms with Crippen LogP contribution in [0.5, 0.6) is 11.5 Å². The lowest BCUT2D eigenvalue weighted by Crippen LogP contribution is -2.35. The Kier molecular flexibility index (Phi) is 7.17. The Morgan fingerprint density at radius 3 is 2.60 bits per heavy atom. The van der Waals surface area contributed by atoms with Gasteiger partial charge in [-0.25, -0.2) is 4.79 Å². The molecule has 2 N–H and O–H groups in total. The van der Waals surface area contributed by atoms with Gasteiger partial charge in [0.1, 0.15) is 11.5 Å². The van der Waals surface area contributed by atoms with E-state index in [9.17, 15) is 9.59 Å². The quantitative estimate of drug-likeness (QED) is 0.745. The third-order valence-electron chi connectivity index (χ3n) is 4.73. The molecule has 1 aliphatic rings. The number of anilines is 2. The topological polar surface area (TPSA) is 79.9 Å². The Balaban J connectivity index is 1.51. The van der Waals surface area contributed by atoms with Crippen molar-refractivity contribution < 1.29 is 19.1 Å². The lowest BCUT2D eigenvalue weighted by Gasteiger charge is -2.26. The van der Waals surface area contributed by atoms with E-state index < -0.39 is 0 Å². The molecule has 7 nitrogen and oxygen atoms in total. The van der Waals surface area contributed by atoms with Gasteiger partial charge in [0.05, 0.1) is 26.5 Å². The van der Waals surface area contributed by atoms with Gasteiger partial charge in [-0.3, -0.25) is 4.79 Å². The van der Waals surface area contributed by atoms with Crippen LogP contribution < -0.4 is 25.0 Å². The van der Waals surface area contributed by atoms with Crippen LogP contribution in [0.25, 0.3) is 0 Å². The Morgan fingerprint density at radius 1 is 1.10 bits per heavy atom. The number of nitrogens with zero attached hydrogens (tertiary/aromatic N) is 1. The minimum absolute atomic E-state index is 0.170. The highest BCUT2D eigenvalue weighted by Crippen LogP contribution is 2.28. The van der Waals surface area contributed by atoms with E-state index in [0.717, 1.165) is 30.6 Å². The van der Waals surface area contributed by atoms with Crippen LogP contribution >= 0.6 is 0 Å². The maximum atomic E-state index is 12.1. The summed E-state index contributed by atoms with van der Waals surface area (Å²) in [5.41, 5.74) is 2.25. The number of urea groups is 1. The number of methoxy groups -OCH3 is 2. The summed E-state index contributed by atoms with van der Waals surface area (Å²) in [4.78, 5) is 25.9. The zero-order chi connectivity index (χ0) is 21.3.